The maximum Gasteiger partial charge on any atom is 0.243 e. The van der Waals surface area contributed by atoms with Crippen molar-refractivity contribution in [3.63, 3.8) is 0 Å². The molecule has 0 radical (unpaired) electrons. The van der Waals surface area contributed by atoms with Crippen LogP contribution in [0.3, 0.4) is 0 Å². The Hall–Kier alpha value is -0.880. The lowest BCUT2D eigenvalue weighted by molar-refractivity contribution is -0.122. The fourth-order valence-electron chi connectivity index (χ4n) is 1.56. The third-order valence-electron chi connectivity index (χ3n) is 2.45. The van der Waals surface area contributed by atoms with Gasteiger partial charge in [-0.3, -0.25) is 4.79 Å². The molecule has 0 aliphatic rings. The van der Waals surface area contributed by atoms with Gasteiger partial charge in [0, 0.05) is 23.2 Å². The summed E-state index contributed by atoms with van der Waals surface area (Å²) in [7, 11) is 0. The highest BCUT2D eigenvalue weighted by molar-refractivity contribution is 6.36. The Labute approximate surface area is 121 Å². The van der Waals surface area contributed by atoms with Crippen molar-refractivity contribution in [2.45, 2.75) is 13.0 Å². The van der Waals surface area contributed by atoms with Crippen LogP contribution in [0.15, 0.2) is 12.1 Å². The molecular weight excluding hydrogens is 294 g/mol. The summed E-state index contributed by atoms with van der Waals surface area (Å²) in [4.78, 5) is 10.4. The highest BCUT2D eigenvalue weighted by Crippen LogP contribution is 2.32. The summed E-state index contributed by atoms with van der Waals surface area (Å²) in [6.07, 6.45) is 0. The Balaban J connectivity index is 2.52. The third kappa shape index (κ3) is 4.95. The number of nitrogens with one attached hydrogen (secondary N) is 1. The minimum atomic E-state index is -0.524. The number of hydrogen-bond acceptors (Lipinski definition) is 3. The van der Waals surface area contributed by atoms with Crippen LogP contribution in [0.5, 0.6) is 0 Å². The number of nitrogens with two attached hydrogens (primary N) is 1. The van der Waals surface area contributed by atoms with Crippen molar-refractivity contribution >= 4 is 29.1 Å². The number of amides is 1. The Morgan fingerprint density at radius 1 is 1.53 bits per heavy atom. The lowest BCUT2D eigenvalue weighted by atomic mass is 10.1. The fraction of sp³-hybridized carbons (Fsp3) is 0.417. The molecule has 19 heavy (non-hydrogen) atoms. The van der Waals surface area contributed by atoms with Gasteiger partial charge >= 0.3 is 0 Å². The highest BCUT2D eigenvalue weighted by Gasteiger charge is 2.16. The summed E-state index contributed by atoms with van der Waals surface area (Å²) < 4.78 is 18.3. The Bertz CT molecular complexity index is 458. The largest absolute Gasteiger partial charge is 0.370 e. The zero-order valence-electron chi connectivity index (χ0n) is 10.4. The van der Waals surface area contributed by atoms with E-state index in [1.165, 1.54) is 12.1 Å². The molecule has 0 spiro atoms. The molecule has 1 atom stereocenters. The van der Waals surface area contributed by atoms with Gasteiger partial charge < -0.3 is 15.8 Å². The molecule has 0 saturated carbocycles. The van der Waals surface area contributed by atoms with Crippen LogP contribution in [0.2, 0.25) is 10.0 Å². The van der Waals surface area contributed by atoms with Gasteiger partial charge in [-0.1, -0.05) is 23.2 Å². The average Bonchev–Trinajstić information content (AvgIpc) is 2.33. The summed E-state index contributed by atoms with van der Waals surface area (Å²) in [5.74, 6) is -1.04. The number of halogens is 3. The summed E-state index contributed by atoms with van der Waals surface area (Å²) in [6, 6.07) is 2.43. The van der Waals surface area contributed by atoms with Crippen molar-refractivity contribution in [2.75, 3.05) is 19.8 Å². The number of carbonyl (C=O) groups excluding carboxylic acids is 1. The van der Waals surface area contributed by atoms with Gasteiger partial charge in [-0.2, -0.15) is 0 Å². The Kier molecular flexibility index (Phi) is 6.51. The molecule has 7 heteroatoms. The van der Waals surface area contributed by atoms with Gasteiger partial charge in [0.05, 0.1) is 11.6 Å². The Morgan fingerprint density at radius 2 is 2.21 bits per heavy atom. The molecule has 1 aromatic carbocycles. The van der Waals surface area contributed by atoms with Crippen LogP contribution in [-0.4, -0.2) is 25.7 Å². The first-order valence-electron chi connectivity index (χ1n) is 5.66. The zero-order valence-corrected chi connectivity index (χ0v) is 11.9. The van der Waals surface area contributed by atoms with E-state index in [4.69, 9.17) is 33.7 Å². The lowest BCUT2D eigenvalue weighted by Gasteiger charge is -2.17. The van der Waals surface area contributed by atoms with Crippen LogP contribution in [0.4, 0.5) is 4.39 Å². The average molecular weight is 309 g/mol. The van der Waals surface area contributed by atoms with Crippen molar-refractivity contribution < 1.29 is 13.9 Å². The Morgan fingerprint density at radius 3 is 2.84 bits per heavy atom. The maximum absolute atomic E-state index is 13.4. The fourth-order valence-corrected chi connectivity index (χ4v) is 2.26. The summed E-state index contributed by atoms with van der Waals surface area (Å²) in [5.41, 5.74) is 5.42. The number of rotatable bonds is 7. The standard InChI is InChI=1S/C12H15Cl2FN2O2/c1-7(17-4-5-19-6-10(16)18)11-8(13)2-3-9(15)12(11)14/h2-3,7,17H,4-6H2,1H3,(H2,16,18). The van der Waals surface area contributed by atoms with Gasteiger partial charge in [0.2, 0.25) is 5.91 Å². The van der Waals surface area contributed by atoms with Crippen molar-refractivity contribution in [2.24, 2.45) is 5.73 Å². The second kappa shape index (κ2) is 7.65. The van der Waals surface area contributed by atoms with E-state index in [0.717, 1.165) is 0 Å². The van der Waals surface area contributed by atoms with Crippen LogP contribution < -0.4 is 11.1 Å². The number of benzene rings is 1. The van der Waals surface area contributed by atoms with E-state index < -0.39 is 11.7 Å². The number of hydrogen-bond donors (Lipinski definition) is 2. The second-order valence-electron chi connectivity index (χ2n) is 3.95. The summed E-state index contributed by atoms with van der Waals surface area (Å²) >= 11 is 11.9. The van der Waals surface area contributed by atoms with Gasteiger partial charge in [-0.05, 0) is 19.1 Å². The predicted octanol–water partition coefficient (Wildman–Crippen LogP) is 2.29. The smallest absolute Gasteiger partial charge is 0.243 e. The second-order valence-corrected chi connectivity index (χ2v) is 4.74. The van der Waals surface area contributed by atoms with E-state index >= 15 is 0 Å². The van der Waals surface area contributed by atoms with Gasteiger partial charge in [-0.15, -0.1) is 0 Å². The minimum Gasteiger partial charge on any atom is -0.370 e. The van der Waals surface area contributed by atoms with Crippen molar-refractivity contribution in [1.82, 2.24) is 5.32 Å². The first-order chi connectivity index (χ1) is 8.93. The van der Waals surface area contributed by atoms with E-state index in [0.29, 0.717) is 23.7 Å². The lowest BCUT2D eigenvalue weighted by Crippen LogP contribution is -2.26. The van der Waals surface area contributed by atoms with E-state index in [1.54, 1.807) is 6.92 Å². The quantitative estimate of drug-likeness (QED) is 0.600. The molecule has 0 aliphatic carbocycles. The molecule has 0 fully saturated rings. The van der Waals surface area contributed by atoms with Gasteiger partial charge in [0.1, 0.15) is 12.4 Å². The van der Waals surface area contributed by atoms with Gasteiger partial charge in [-0.25, -0.2) is 4.39 Å². The van der Waals surface area contributed by atoms with E-state index in [-0.39, 0.29) is 17.7 Å². The highest BCUT2D eigenvalue weighted by atomic mass is 35.5. The molecule has 3 N–H and O–H groups in total. The molecular formula is C12H15Cl2FN2O2. The molecule has 4 nitrogen and oxygen atoms in total. The molecule has 0 bridgehead atoms. The minimum absolute atomic E-state index is 0.00514. The van der Waals surface area contributed by atoms with E-state index in [1.807, 2.05) is 0 Å². The molecule has 1 rings (SSSR count). The number of ether oxygens (including phenoxy) is 1. The molecule has 0 saturated heterocycles. The van der Waals surface area contributed by atoms with Crippen molar-refractivity contribution in [3.8, 4) is 0 Å². The molecule has 0 aliphatic heterocycles. The SMILES string of the molecule is CC(NCCOCC(N)=O)c1c(Cl)ccc(F)c1Cl. The summed E-state index contributed by atoms with van der Waals surface area (Å²) in [6.45, 7) is 2.44. The summed E-state index contributed by atoms with van der Waals surface area (Å²) in [5, 5.41) is 3.47. The molecule has 1 aromatic rings. The number of primary amides is 1. The van der Waals surface area contributed by atoms with E-state index in [9.17, 15) is 9.18 Å². The van der Waals surface area contributed by atoms with Crippen molar-refractivity contribution in [3.05, 3.63) is 33.6 Å². The van der Waals surface area contributed by atoms with Gasteiger partial charge in [0.15, 0.2) is 0 Å². The monoisotopic (exact) mass is 308 g/mol. The molecule has 1 amide bonds. The van der Waals surface area contributed by atoms with Gasteiger partial charge in [0.25, 0.3) is 0 Å². The van der Waals surface area contributed by atoms with Crippen LogP contribution >= 0.6 is 23.2 Å². The van der Waals surface area contributed by atoms with Crippen LogP contribution in [-0.2, 0) is 9.53 Å². The number of carbonyl (C=O) groups is 1. The molecule has 106 valence electrons. The molecule has 0 heterocycles. The molecule has 0 aromatic heterocycles. The topological polar surface area (TPSA) is 64.3 Å². The third-order valence-corrected chi connectivity index (χ3v) is 3.17. The first-order valence-corrected chi connectivity index (χ1v) is 6.42. The normalized spacial score (nSPS) is 12.4. The first kappa shape index (κ1) is 16.2. The molecule has 1 unspecified atom stereocenters. The van der Waals surface area contributed by atoms with E-state index in [2.05, 4.69) is 5.32 Å². The predicted molar refractivity (Wildman–Crippen MR) is 72.9 cm³/mol. The maximum atomic E-state index is 13.4. The van der Waals surface area contributed by atoms with Crippen LogP contribution in [0.25, 0.3) is 0 Å². The van der Waals surface area contributed by atoms with Crippen LogP contribution in [0.1, 0.15) is 18.5 Å². The zero-order chi connectivity index (χ0) is 14.4. The van der Waals surface area contributed by atoms with Crippen molar-refractivity contribution in [1.29, 1.82) is 0 Å². The van der Waals surface area contributed by atoms with Crippen LogP contribution in [0, 0.1) is 5.82 Å².